The van der Waals surface area contributed by atoms with Crippen molar-refractivity contribution in [3.05, 3.63) is 64.7 Å². The number of hydrogen-bond donors (Lipinski definition) is 1. The number of carbonyl (C=O) groups is 1. The van der Waals surface area contributed by atoms with Crippen LogP contribution in [-0.4, -0.2) is 23.9 Å². The van der Waals surface area contributed by atoms with E-state index >= 15 is 0 Å². The monoisotopic (exact) mass is 342 g/mol. The molecule has 0 spiro atoms. The van der Waals surface area contributed by atoms with Crippen LogP contribution in [0.25, 0.3) is 0 Å². The van der Waals surface area contributed by atoms with Gasteiger partial charge in [-0.05, 0) is 56.6 Å². The number of carbonyl (C=O) groups excluding carboxylic acids is 1. The molecule has 0 unspecified atom stereocenters. The highest BCUT2D eigenvalue weighted by Gasteiger charge is 2.25. The molecule has 1 saturated heterocycles. The normalized spacial score (nSPS) is 16.1. The molecule has 24 heavy (non-hydrogen) atoms. The molecule has 2 aromatic carbocycles. The Bertz CT molecular complexity index is 691. The highest BCUT2D eigenvalue weighted by atomic mass is 35.5. The summed E-state index contributed by atoms with van der Waals surface area (Å²) in [4.78, 5) is 14.8. The predicted octanol–water partition coefficient (Wildman–Crippen LogP) is 4.50. The van der Waals surface area contributed by atoms with Crippen molar-refractivity contribution in [1.82, 2.24) is 4.90 Å². The summed E-state index contributed by atoms with van der Waals surface area (Å²) >= 11 is 6.23. The minimum atomic E-state index is 0.0915. The number of halogens is 1. The number of hydrogen-bond acceptors (Lipinski definition) is 2. The maximum Gasteiger partial charge on any atom is 0.227 e. The van der Waals surface area contributed by atoms with Crippen molar-refractivity contribution in [3.63, 3.8) is 0 Å². The fourth-order valence-electron chi connectivity index (χ4n) is 3.10. The van der Waals surface area contributed by atoms with E-state index < -0.39 is 0 Å². The largest absolute Gasteiger partial charge is 0.326 e. The van der Waals surface area contributed by atoms with E-state index in [0.717, 1.165) is 48.7 Å². The first kappa shape index (κ1) is 17.0. The summed E-state index contributed by atoms with van der Waals surface area (Å²) in [5, 5.41) is 3.85. The van der Waals surface area contributed by atoms with Crippen LogP contribution in [0.5, 0.6) is 0 Å². The molecular formula is C20H23ClN2O. The van der Waals surface area contributed by atoms with Crippen LogP contribution in [0.4, 0.5) is 5.69 Å². The van der Waals surface area contributed by atoms with Gasteiger partial charge in [-0.1, -0.05) is 47.5 Å². The van der Waals surface area contributed by atoms with Crippen molar-refractivity contribution >= 4 is 23.2 Å². The van der Waals surface area contributed by atoms with Gasteiger partial charge in [0.05, 0.1) is 0 Å². The van der Waals surface area contributed by atoms with E-state index in [1.807, 2.05) is 49.4 Å². The van der Waals surface area contributed by atoms with Gasteiger partial charge in [0, 0.05) is 23.2 Å². The second-order valence-electron chi connectivity index (χ2n) is 6.50. The maximum absolute atomic E-state index is 12.4. The third-order valence-electron chi connectivity index (χ3n) is 4.63. The lowest BCUT2D eigenvalue weighted by Crippen LogP contribution is -2.37. The third kappa shape index (κ3) is 4.37. The molecule has 1 N–H and O–H groups in total. The number of nitrogens with zero attached hydrogens (tertiary/aromatic N) is 1. The molecule has 1 heterocycles. The fourth-order valence-corrected chi connectivity index (χ4v) is 3.30. The molecule has 0 aliphatic carbocycles. The zero-order valence-electron chi connectivity index (χ0n) is 14.0. The van der Waals surface area contributed by atoms with Gasteiger partial charge in [0.1, 0.15) is 0 Å². The van der Waals surface area contributed by atoms with E-state index in [1.54, 1.807) is 0 Å². The van der Waals surface area contributed by atoms with Crippen molar-refractivity contribution in [3.8, 4) is 0 Å². The maximum atomic E-state index is 12.4. The van der Waals surface area contributed by atoms with Crippen LogP contribution >= 0.6 is 11.6 Å². The second kappa shape index (κ2) is 7.82. The molecule has 2 aromatic rings. The summed E-state index contributed by atoms with van der Waals surface area (Å²) in [5.74, 6) is 0.227. The molecule has 1 aliphatic heterocycles. The number of nitrogens with one attached hydrogen (secondary N) is 1. The van der Waals surface area contributed by atoms with Crippen LogP contribution in [0.2, 0.25) is 5.02 Å². The molecule has 0 aromatic heterocycles. The smallest absolute Gasteiger partial charge is 0.227 e. The standard InChI is InChI=1S/C20H23ClN2O/c1-15-6-8-18(9-7-15)22-20(24)16-10-12-23(13-11-16)14-17-4-2-3-5-19(17)21/h2-9,16H,10-14H2,1H3,(H,22,24). The number of rotatable bonds is 4. The highest BCUT2D eigenvalue weighted by Crippen LogP contribution is 2.23. The Morgan fingerprint density at radius 1 is 1.12 bits per heavy atom. The van der Waals surface area contributed by atoms with Gasteiger partial charge in [0.15, 0.2) is 0 Å². The molecular weight excluding hydrogens is 320 g/mol. The van der Waals surface area contributed by atoms with Gasteiger partial charge in [-0.15, -0.1) is 0 Å². The molecule has 3 rings (SSSR count). The molecule has 4 heteroatoms. The summed E-state index contributed by atoms with van der Waals surface area (Å²) in [7, 11) is 0. The summed E-state index contributed by atoms with van der Waals surface area (Å²) in [6.07, 6.45) is 1.78. The Morgan fingerprint density at radius 2 is 1.79 bits per heavy atom. The molecule has 3 nitrogen and oxygen atoms in total. The van der Waals surface area contributed by atoms with Crippen LogP contribution in [0, 0.1) is 12.8 Å². The van der Waals surface area contributed by atoms with Crippen molar-refractivity contribution in [2.45, 2.75) is 26.3 Å². The number of benzene rings is 2. The summed E-state index contributed by atoms with van der Waals surface area (Å²) < 4.78 is 0. The van der Waals surface area contributed by atoms with Crippen molar-refractivity contribution in [1.29, 1.82) is 0 Å². The number of anilines is 1. The van der Waals surface area contributed by atoms with Gasteiger partial charge in [0.25, 0.3) is 0 Å². The molecule has 0 bridgehead atoms. The molecule has 126 valence electrons. The molecule has 0 atom stereocenters. The van der Waals surface area contributed by atoms with E-state index in [2.05, 4.69) is 16.3 Å². The van der Waals surface area contributed by atoms with Crippen molar-refractivity contribution < 1.29 is 4.79 Å². The SMILES string of the molecule is Cc1ccc(NC(=O)C2CCN(Cc3ccccc3Cl)CC2)cc1. The molecule has 1 aliphatic rings. The van der Waals surface area contributed by atoms with E-state index in [9.17, 15) is 4.79 Å². The van der Waals surface area contributed by atoms with Gasteiger partial charge in [-0.2, -0.15) is 0 Å². The first-order chi connectivity index (χ1) is 11.6. The average Bonchev–Trinajstić information content (AvgIpc) is 2.59. The second-order valence-corrected chi connectivity index (χ2v) is 6.90. The van der Waals surface area contributed by atoms with Crippen LogP contribution in [0.1, 0.15) is 24.0 Å². The van der Waals surface area contributed by atoms with E-state index in [4.69, 9.17) is 11.6 Å². The first-order valence-electron chi connectivity index (χ1n) is 8.45. The zero-order valence-corrected chi connectivity index (χ0v) is 14.7. The average molecular weight is 343 g/mol. The molecule has 0 radical (unpaired) electrons. The van der Waals surface area contributed by atoms with E-state index in [0.29, 0.717) is 0 Å². The molecule has 1 amide bonds. The summed E-state index contributed by atoms with van der Waals surface area (Å²) in [5.41, 5.74) is 3.23. The Kier molecular flexibility index (Phi) is 5.54. The lowest BCUT2D eigenvalue weighted by Gasteiger charge is -2.31. The van der Waals surface area contributed by atoms with Crippen LogP contribution < -0.4 is 5.32 Å². The quantitative estimate of drug-likeness (QED) is 0.887. The first-order valence-corrected chi connectivity index (χ1v) is 8.83. The topological polar surface area (TPSA) is 32.3 Å². The van der Waals surface area contributed by atoms with Crippen molar-refractivity contribution in [2.75, 3.05) is 18.4 Å². The highest BCUT2D eigenvalue weighted by molar-refractivity contribution is 6.31. The Balaban J connectivity index is 1.50. The Hall–Kier alpha value is -1.84. The lowest BCUT2D eigenvalue weighted by atomic mass is 9.95. The summed E-state index contributed by atoms with van der Waals surface area (Å²) in [6, 6.07) is 15.9. The number of likely N-dealkylation sites (tertiary alicyclic amines) is 1. The number of aryl methyl sites for hydroxylation is 1. The minimum Gasteiger partial charge on any atom is -0.326 e. The van der Waals surface area contributed by atoms with E-state index in [1.165, 1.54) is 5.56 Å². The van der Waals surface area contributed by atoms with Gasteiger partial charge in [0.2, 0.25) is 5.91 Å². The van der Waals surface area contributed by atoms with Crippen LogP contribution in [0.15, 0.2) is 48.5 Å². The minimum absolute atomic E-state index is 0.0915. The zero-order chi connectivity index (χ0) is 16.9. The van der Waals surface area contributed by atoms with Gasteiger partial charge in [-0.3, -0.25) is 9.69 Å². The Morgan fingerprint density at radius 3 is 2.46 bits per heavy atom. The van der Waals surface area contributed by atoms with E-state index in [-0.39, 0.29) is 11.8 Å². The van der Waals surface area contributed by atoms with Crippen molar-refractivity contribution in [2.24, 2.45) is 5.92 Å². The van der Waals surface area contributed by atoms with Gasteiger partial charge < -0.3 is 5.32 Å². The van der Waals surface area contributed by atoms with Gasteiger partial charge >= 0.3 is 0 Å². The van der Waals surface area contributed by atoms with Gasteiger partial charge in [-0.25, -0.2) is 0 Å². The lowest BCUT2D eigenvalue weighted by molar-refractivity contribution is -0.121. The third-order valence-corrected chi connectivity index (χ3v) is 5.00. The molecule has 1 fully saturated rings. The summed E-state index contributed by atoms with van der Waals surface area (Å²) in [6.45, 7) is 4.75. The fraction of sp³-hybridized carbons (Fsp3) is 0.350. The predicted molar refractivity (Wildman–Crippen MR) is 99.3 cm³/mol. The molecule has 0 saturated carbocycles. The van der Waals surface area contributed by atoms with Crippen LogP contribution in [0.3, 0.4) is 0 Å². The van der Waals surface area contributed by atoms with Crippen LogP contribution in [-0.2, 0) is 11.3 Å². The number of amides is 1. The number of piperidine rings is 1. The Labute approximate surface area is 148 Å².